The second-order valence-electron chi connectivity index (χ2n) is 20.9. The lowest BCUT2D eigenvalue weighted by Gasteiger charge is -2.21. The highest BCUT2D eigenvalue weighted by Crippen LogP contribution is 2.43. The molecule has 434 valence electrons. The molecule has 0 fully saturated rings. The van der Waals surface area contributed by atoms with E-state index in [1.807, 2.05) is 0 Å². The van der Waals surface area contributed by atoms with Crippen molar-refractivity contribution in [2.45, 2.75) is 315 Å². The van der Waals surface area contributed by atoms with Crippen LogP contribution in [0.2, 0.25) is 0 Å². The number of phosphoric ester groups is 1. The van der Waals surface area contributed by atoms with Crippen molar-refractivity contribution in [3.05, 3.63) is 36.5 Å². The lowest BCUT2D eigenvalue weighted by molar-refractivity contribution is -0.161. The first-order chi connectivity index (χ1) is 36.2. The van der Waals surface area contributed by atoms with E-state index in [-0.39, 0.29) is 25.9 Å². The summed E-state index contributed by atoms with van der Waals surface area (Å²) in [5, 5.41) is 9.81. The Bertz CT molecular complexity index is 1380. The predicted octanol–water partition coefficient (Wildman–Crippen LogP) is 18.4. The average molecular weight is 1070 g/mol. The van der Waals surface area contributed by atoms with Crippen molar-refractivity contribution in [3.8, 4) is 0 Å². The summed E-state index contributed by atoms with van der Waals surface area (Å²) in [6.45, 7) is 4.65. The molecule has 0 aliphatic carbocycles. The zero-order chi connectivity index (χ0) is 54.1. The van der Waals surface area contributed by atoms with E-state index in [2.05, 4.69) is 57.2 Å². The molecule has 0 heterocycles. The summed E-state index contributed by atoms with van der Waals surface area (Å²) in [4.78, 5) is 48.6. The minimum atomic E-state index is -4.74. The highest BCUT2D eigenvalue weighted by Gasteiger charge is 2.28. The number of unbranched alkanes of at least 4 members (excludes halogenated alkanes) is 35. The van der Waals surface area contributed by atoms with Gasteiger partial charge in [-0.05, 0) is 77.0 Å². The van der Waals surface area contributed by atoms with Gasteiger partial charge in [0.15, 0.2) is 6.10 Å². The molecule has 0 aromatic carbocycles. The Balaban J connectivity index is 4.69. The lowest BCUT2D eigenvalue weighted by atomic mass is 10.1. The zero-order valence-electron chi connectivity index (χ0n) is 48.1. The van der Waals surface area contributed by atoms with Gasteiger partial charge < -0.3 is 24.2 Å². The van der Waals surface area contributed by atoms with Crippen molar-refractivity contribution >= 4 is 25.7 Å². The zero-order valence-corrected chi connectivity index (χ0v) is 49.0. The van der Waals surface area contributed by atoms with Crippen LogP contribution in [0.1, 0.15) is 303 Å². The number of esters is 3. The minimum absolute atomic E-state index is 0.162. The fraction of sp³-hybridized carbons (Fsp3) is 0.855. The predicted molar refractivity (Wildman–Crippen MR) is 307 cm³/mol. The Labute approximate surface area is 454 Å². The molecular formula is C62H115O11P. The maximum Gasteiger partial charge on any atom is 0.472 e. The highest BCUT2D eigenvalue weighted by molar-refractivity contribution is 7.47. The first-order valence-electron chi connectivity index (χ1n) is 30.9. The Kier molecular flexibility index (Phi) is 55.1. The van der Waals surface area contributed by atoms with E-state index in [1.165, 1.54) is 167 Å². The molecule has 3 atom stereocenters. The smallest absolute Gasteiger partial charge is 0.462 e. The van der Waals surface area contributed by atoms with Gasteiger partial charge in [-0.2, -0.15) is 0 Å². The van der Waals surface area contributed by atoms with Crippen LogP contribution in [0, 0.1) is 0 Å². The van der Waals surface area contributed by atoms with Gasteiger partial charge in [0.25, 0.3) is 0 Å². The van der Waals surface area contributed by atoms with Crippen LogP contribution in [0.25, 0.3) is 0 Å². The normalized spacial score (nSPS) is 13.5. The van der Waals surface area contributed by atoms with E-state index in [0.717, 1.165) is 77.0 Å². The second-order valence-corrected chi connectivity index (χ2v) is 22.3. The average Bonchev–Trinajstić information content (AvgIpc) is 3.39. The molecule has 0 aromatic heterocycles. The molecule has 12 heteroatoms. The number of ether oxygens (including phenoxy) is 3. The van der Waals surface area contributed by atoms with Gasteiger partial charge in [-0.1, -0.05) is 243 Å². The lowest BCUT2D eigenvalue weighted by Crippen LogP contribution is -2.30. The van der Waals surface area contributed by atoms with Gasteiger partial charge >= 0.3 is 25.7 Å². The number of aliphatic hydroxyl groups excluding tert-OH is 1. The number of phosphoric acid groups is 1. The molecule has 3 unspecified atom stereocenters. The number of rotatable bonds is 58. The Hall–Kier alpha value is -2.30. The van der Waals surface area contributed by atoms with Crippen LogP contribution in [0.3, 0.4) is 0 Å². The molecule has 0 rings (SSSR count). The van der Waals surface area contributed by atoms with Crippen molar-refractivity contribution in [2.24, 2.45) is 0 Å². The number of hydrogen-bond donors (Lipinski definition) is 2. The molecule has 0 bridgehead atoms. The van der Waals surface area contributed by atoms with Crippen LogP contribution in [0.4, 0.5) is 0 Å². The van der Waals surface area contributed by atoms with E-state index in [1.54, 1.807) is 0 Å². The van der Waals surface area contributed by atoms with Crippen LogP contribution in [0.5, 0.6) is 0 Å². The van der Waals surface area contributed by atoms with Gasteiger partial charge in [0.05, 0.1) is 19.8 Å². The van der Waals surface area contributed by atoms with Gasteiger partial charge in [0.1, 0.15) is 12.7 Å². The molecule has 0 aliphatic rings. The molecule has 0 spiro atoms. The minimum Gasteiger partial charge on any atom is -0.462 e. The Morgan fingerprint density at radius 1 is 0.378 bits per heavy atom. The van der Waals surface area contributed by atoms with Gasteiger partial charge in [-0.3, -0.25) is 23.4 Å². The SMILES string of the molecule is CCCCC/C=C\C/C=C\CCCCCCCCCC(=O)OC(COC(=O)CCCCCCCCCCC/C=C\CCCCCCCC)COP(=O)(O)OCC(CO)OC(=O)CCCCCCCCCCCCC. The second kappa shape index (κ2) is 56.9. The fourth-order valence-electron chi connectivity index (χ4n) is 8.79. The third-order valence-electron chi connectivity index (χ3n) is 13.5. The number of carbonyl (C=O) groups is 3. The van der Waals surface area contributed by atoms with Crippen LogP contribution in [-0.2, 0) is 42.2 Å². The first-order valence-corrected chi connectivity index (χ1v) is 32.4. The molecule has 11 nitrogen and oxygen atoms in total. The summed E-state index contributed by atoms with van der Waals surface area (Å²) in [5.41, 5.74) is 0. The van der Waals surface area contributed by atoms with Gasteiger partial charge in [0, 0.05) is 19.3 Å². The van der Waals surface area contributed by atoms with E-state index in [0.29, 0.717) is 19.3 Å². The van der Waals surface area contributed by atoms with Crippen molar-refractivity contribution in [3.63, 3.8) is 0 Å². The molecule has 0 saturated carbocycles. The topological polar surface area (TPSA) is 155 Å². The molecular weight excluding hydrogens is 952 g/mol. The molecule has 0 aliphatic heterocycles. The van der Waals surface area contributed by atoms with Crippen LogP contribution in [-0.4, -0.2) is 66.5 Å². The van der Waals surface area contributed by atoms with Crippen molar-refractivity contribution in [1.29, 1.82) is 0 Å². The van der Waals surface area contributed by atoms with E-state index in [4.69, 9.17) is 23.3 Å². The summed E-state index contributed by atoms with van der Waals surface area (Å²) >= 11 is 0. The van der Waals surface area contributed by atoms with E-state index < -0.39 is 57.8 Å². The summed E-state index contributed by atoms with van der Waals surface area (Å²) in [7, 11) is -4.74. The molecule has 0 saturated heterocycles. The van der Waals surface area contributed by atoms with Crippen LogP contribution < -0.4 is 0 Å². The highest BCUT2D eigenvalue weighted by atomic mass is 31.2. The molecule has 0 amide bonds. The number of carbonyl (C=O) groups excluding carboxylic acids is 3. The number of allylic oxidation sites excluding steroid dienone is 6. The summed E-state index contributed by atoms with van der Waals surface area (Å²) in [6, 6.07) is 0. The quantitative estimate of drug-likeness (QED) is 0.0197. The van der Waals surface area contributed by atoms with E-state index in [9.17, 15) is 28.9 Å². The van der Waals surface area contributed by atoms with Crippen LogP contribution >= 0.6 is 7.82 Å². The van der Waals surface area contributed by atoms with Crippen molar-refractivity contribution < 1.29 is 52.2 Å². The summed E-state index contributed by atoms with van der Waals surface area (Å²) in [6.07, 6.45) is 59.5. The third-order valence-corrected chi connectivity index (χ3v) is 14.5. The first kappa shape index (κ1) is 71.7. The molecule has 2 N–H and O–H groups in total. The fourth-order valence-corrected chi connectivity index (χ4v) is 9.58. The maximum absolute atomic E-state index is 12.9. The summed E-state index contributed by atoms with van der Waals surface area (Å²) in [5.74, 6) is -1.45. The molecule has 0 aromatic rings. The van der Waals surface area contributed by atoms with Crippen molar-refractivity contribution in [2.75, 3.05) is 26.4 Å². The maximum atomic E-state index is 12.9. The third kappa shape index (κ3) is 54.5. The van der Waals surface area contributed by atoms with Gasteiger partial charge in [-0.25, -0.2) is 4.57 Å². The Morgan fingerprint density at radius 2 is 0.662 bits per heavy atom. The largest absolute Gasteiger partial charge is 0.472 e. The summed E-state index contributed by atoms with van der Waals surface area (Å²) < 4.78 is 39.6. The van der Waals surface area contributed by atoms with Crippen molar-refractivity contribution in [1.82, 2.24) is 0 Å². The monoisotopic (exact) mass is 1070 g/mol. The van der Waals surface area contributed by atoms with Gasteiger partial charge in [0.2, 0.25) is 0 Å². The molecule has 0 radical (unpaired) electrons. The van der Waals surface area contributed by atoms with Gasteiger partial charge in [-0.15, -0.1) is 0 Å². The standard InChI is InChI=1S/C62H115O11P/c1-4-7-10-13-16-19-22-24-26-28-29-31-32-34-37-39-42-45-48-51-60(64)69-55-59(73-62(66)53-50-47-44-41-38-35-33-30-27-25-23-20-17-14-11-8-5-2)57-71-74(67,68)70-56-58(54-63)72-61(65)52-49-46-43-40-36-21-18-15-12-9-6-3/h17,20,24-27,58-59,63H,4-16,18-19,21-23,28-57H2,1-3H3,(H,67,68)/b20-17-,26-24-,27-25-. The van der Waals surface area contributed by atoms with Crippen LogP contribution in [0.15, 0.2) is 36.5 Å². The molecule has 74 heavy (non-hydrogen) atoms. The Morgan fingerprint density at radius 3 is 1.04 bits per heavy atom. The number of aliphatic hydroxyl groups is 1. The van der Waals surface area contributed by atoms with E-state index >= 15 is 0 Å². The number of hydrogen-bond acceptors (Lipinski definition) is 10.